The van der Waals surface area contributed by atoms with Crippen LogP contribution in [0.4, 0.5) is 0 Å². The maximum absolute atomic E-state index is 12.8. The molecule has 0 aliphatic heterocycles. The van der Waals surface area contributed by atoms with Crippen LogP contribution in [-0.4, -0.2) is 17.5 Å². The van der Waals surface area contributed by atoms with E-state index in [4.69, 9.17) is 0 Å². The molecule has 0 radical (unpaired) electrons. The lowest BCUT2D eigenvalue weighted by Crippen LogP contribution is -2.11. The second-order valence-corrected chi connectivity index (χ2v) is 7.77. The van der Waals surface area contributed by atoms with Crippen LogP contribution >= 0.6 is 15.9 Å². The minimum Gasteiger partial charge on any atom is -0.389 e. The molecule has 2 aromatic carbocycles. The number of rotatable bonds is 3. The van der Waals surface area contributed by atoms with Gasteiger partial charge in [0.25, 0.3) is 10.0 Å². The molecule has 22 heavy (non-hydrogen) atoms. The first-order valence-corrected chi connectivity index (χ1v) is 8.94. The third-order valence-corrected chi connectivity index (χ3v) is 5.69. The molecule has 1 heterocycles. The van der Waals surface area contributed by atoms with Crippen molar-refractivity contribution in [2.75, 3.05) is 0 Å². The Morgan fingerprint density at radius 3 is 2.45 bits per heavy atom. The number of benzene rings is 2. The number of fused-ring (bicyclic) bond motifs is 1. The van der Waals surface area contributed by atoms with Gasteiger partial charge in [0.15, 0.2) is 0 Å². The SMILES string of the molecule is C[C@H](O)c1cn(S(=O)(=O)c2ccccc2)c2ccc(Br)cc12. The third kappa shape index (κ3) is 2.47. The van der Waals surface area contributed by atoms with Gasteiger partial charge in [0.1, 0.15) is 0 Å². The number of hydrogen-bond donors (Lipinski definition) is 1. The van der Waals surface area contributed by atoms with Crippen molar-refractivity contribution in [3.05, 3.63) is 64.8 Å². The quantitative estimate of drug-likeness (QED) is 0.754. The molecule has 3 aromatic rings. The molecule has 1 N–H and O–H groups in total. The maximum atomic E-state index is 12.8. The molecule has 1 aromatic heterocycles. The molecule has 0 amide bonds. The van der Waals surface area contributed by atoms with Crippen molar-refractivity contribution in [3.63, 3.8) is 0 Å². The summed E-state index contributed by atoms with van der Waals surface area (Å²) in [5.74, 6) is 0. The number of nitrogens with zero attached hydrogens (tertiary/aromatic N) is 1. The Balaban J connectivity index is 2.33. The van der Waals surface area contributed by atoms with Crippen LogP contribution in [0.15, 0.2) is 64.1 Å². The molecule has 0 unspecified atom stereocenters. The van der Waals surface area contributed by atoms with Gasteiger partial charge in [0.2, 0.25) is 0 Å². The van der Waals surface area contributed by atoms with Crippen LogP contribution in [0.1, 0.15) is 18.6 Å². The molecule has 6 heteroatoms. The molecular formula is C16H14BrNO3S. The van der Waals surface area contributed by atoms with E-state index in [2.05, 4.69) is 15.9 Å². The summed E-state index contributed by atoms with van der Waals surface area (Å²) >= 11 is 3.38. The van der Waals surface area contributed by atoms with E-state index in [-0.39, 0.29) is 4.90 Å². The number of hydrogen-bond acceptors (Lipinski definition) is 3. The van der Waals surface area contributed by atoms with E-state index in [0.717, 1.165) is 4.47 Å². The van der Waals surface area contributed by atoms with Gasteiger partial charge < -0.3 is 5.11 Å². The van der Waals surface area contributed by atoms with Gasteiger partial charge in [-0.15, -0.1) is 0 Å². The highest BCUT2D eigenvalue weighted by molar-refractivity contribution is 9.10. The van der Waals surface area contributed by atoms with Crippen molar-refractivity contribution in [1.82, 2.24) is 3.97 Å². The molecule has 0 aliphatic carbocycles. The third-order valence-electron chi connectivity index (χ3n) is 3.51. The fourth-order valence-electron chi connectivity index (χ4n) is 2.43. The highest BCUT2D eigenvalue weighted by Crippen LogP contribution is 2.31. The van der Waals surface area contributed by atoms with Gasteiger partial charge in [-0.1, -0.05) is 34.1 Å². The van der Waals surface area contributed by atoms with Crippen LogP contribution in [0.2, 0.25) is 0 Å². The normalized spacial score (nSPS) is 13.4. The molecule has 1 atom stereocenters. The van der Waals surface area contributed by atoms with Crippen molar-refractivity contribution >= 4 is 36.9 Å². The second kappa shape index (κ2) is 5.53. The summed E-state index contributed by atoms with van der Waals surface area (Å²) in [7, 11) is -3.70. The van der Waals surface area contributed by atoms with Crippen molar-refractivity contribution in [3.8, 4) is 0 Å². The Morgan fingerprint density at radius 2 is 1.82 bits per heavy atom. The zero-order chi connectivity index (χ0) is 15.9. The molecule has 0 spiro atoms. The van der Waals surface area contributed by atoms with E-state index in [1.54, 1.807) is 49.4 Å². The van der Waals surface area contributed by atoms with Crippen molar-refractivity contribution in [2.45, 2.75) is 17.9 Å². The zero-order valence-electron chi connectivity index (χ0n) is 11.8. The van der Waals surface area contributed by atoms with Crippen LogP contribution < -0.4 is 0 Å². The van der Waals surface area contributed by atoms with Gasteiger partial charge in [-0.3, -0.25) is 0 Å². The van der Waals surface area contributed by atoms with Crippen LogP contribution in [-0.2, 0) is 10.0 Å². The van der Waals surface area contributed by atoms with Crippen molar-refractivity contribution < 1.29 is 13.5 Å². The minimum absolute atomic E-state index is 0.215. The highest BCUT2D eigenvalue weighted by atomic mass is 79.9. The van der Waals surface area contributed by atoms with Gasteiger partial charge in [0.05, 0.1) is 16.5 Å². The van der Waals surface area contributed by atoms with Crippen molar-refractivity contribution in [2.24, 2.45) is 0 Å². The van der Waals surface area contributed by atoms with Gasteiger partial charge >= 0.3 is 0 Å². The lowest BCUT2D eigenvalue weighted by Gasteiger charge is -2.07. The summed E-state index contributed by atoms with van der Waals surface area (Å²) in [6.45, 7) is 1.62. The molecule has 0 bridgehead atoms. The Kier molecular flexibility index (Phi) is 3.84. The molecular weight excluding hydrogens is 366 g/mol. The second-order valence-electron chi connectivity index (χ2n) is 5.04. The fourth-order valence-corrected chi connectivity index (χ4v) is 4.19. The van der Waals surface area contributed by atoms with E-state index in [1.807, 2.05) is 6.07 Å². The van der Waals surface area contributed by atoms with E-state index in [1.165, 1.54) is 10.2 Å². The molecule has 0 saturated carbocycles. The van der Waals surface area contributed by atoms with Gasteiger partial charge in [-0.2, -0.15) is 0 Å². The summed E-state index contributed by atoms with van der Waals surface area (Å²) < 4.78 is 27.7. The first-order valence-electron chi connectivity index (χ1n) is 6.70. The molecule has 3 rings (SSSR count). The zero-order valence-corrected chi connectivity index (χ0v) is 14.2. The predicted molar refractivity (Wildman–Crippen MR) is 89.3 cm³/mol. The first-order chi connectivity index (χ1) is 10.4. The number of aliphatic hydroxyl groups excluding tert-OH is 1. The largest absolute Gasteiger partial charge is 0.389 e. The Labute approximate surface area is 137 Å². The summed E-state index contributed by atoms with van der Waals surface area (Å²) in [5.41, 5.74) is 1.12. The van der Waals surface area contributed by atoms with E-state index in [9.17, 15) is 13.5 Å². The number of aromatic nitrogens is 1. The van der Waals surface area contributed by atoms with E-state index >= 15 is 0 Å². The average molecular weight is 380 g/mol. The van der Waals surface area contributed by atoms with Crippen LogP contribution in [0.3, 0.4) is 0 Å². The summed E-state index contributed by atoms with van der Waals surface area (Å²) in [5, 5.41) is 10.7. The smallest absolute Gasteiger partial charge is 0.268 e. The minimum atomic E-state index is -3.70. The Morgan fingerprint density at radius 1 is 1.14 bits per heavy atom. The predicted octanol–water partition coefficient (Wildman–Crippen LogP) is 3.69. The summed E-state index contributed by atoms with van der Waals surface area (Å²) in [4.78, 5) is 0.215. The van der Waals surface area contributed by atoms with Crippen LogP contribution in [0, 0.1) is 0 Å². The highest BCUT2D eigenvalue weighted by Gasteiger charge is 2.22. The average Bonchev–Trinajstić information content (AvgIpc) is 2.87. The Bertz CT molecular complexity index is 931. The lowest BCUT2D eigenvalue weighted by atomic mass is 10.1. The Hall–Kier alpha value is -1.63. The maximum Gasteiger partial charge on any atom is 0.268 e. The fraction of sp³-hybridized carbons (Fsp3) is 0.125. The summed E-state index contributed by atoms with van der Waals surface area (Å²) in [6, 6.07) is 13.6. The van der Waals surface area contributed by atoms with E-state index < -0.39 is 16.1 Å². The topological polar surface area (TPSA) is 59.3 Å². The van der Waals surface area contributed by atoms with E-state index in [0.29, 0.717) is 16.5 Å². The summed E-state index contributed by atoms with van der Waals surface area (Å²) in [6.07, 6.45) is 0.730. The molecule has 0 fully saturated rings. The van der Waals surface area contributed by atoms with Crippen molar-refractivity contribution in [1.29, 1.82) is 0 Å². The van der Waals surface area contributed by atoms with Gasteiger partial charge in [0, 0.05) is 21.6 Å². The van der Waals surface area contributed by atoms with Gasteiger partial charge in [-0.25, -0.2) is 12.4 Å². The number of halogens is 1. The monoisotopic (exact) mass is 379 g/mol. The van der Waals surface area contributed by atoms with Gasteiger partial charge in [-0.05, 0) is 37.3 Å². The standard InChI is InChI=1S/C16H14BrNO3S/c1-11(19)15-10-18(16-8-7-12(17)9-14(15)16)22(20,21)13-5-3-2-4-6-13/h2-11,19H,1H3/t11-/m0/s1. The first kappa shape index (κ1) is 15.3. The molecule has 0 saturated heterocycles. The van der Waals surface area contributed by atoms with Crippen LogP contribution in [0.25, 0.3) is 10.9 Å². The molecule has 0 aliphatic rings. The number of aliphatic hydroxyl groups is 1. The van der Waals surface area contributed by atoms with Crippen LogP contribution in [0.5, 0.6) is 0 Å². The lowest BCUT2D eigenvalue weighted by molar-refractivity contribution is 0.201. The molecule has 114 valence electrons. The molecule has 4 nitrogen and oxygen atoms in total.